The summed E-state index contributed by atoms with van der Waals surface area (Å²) < 4.78 is 1.87. The standard InChI is InChI=1S/C6H10N2O/c1-8-4-6(2-3-9)7-5-8/h4-5,9H,2-3H2,1H3. The van der Waals surface area contributed by atoms with Crippen LogP contribution in [-0.2, 0) is 13.5 Å². The van der Waals surface area contributed by atoms with Gasteiger partial charge in [-0.05, 0) is 0 Å². The lowest BCUT2D eigenvalue weighted by Gasteiger charge is -1.86. The quantitative estimate of drug-likeness (QED) is 0.603. The number of imidazole rings is 1. The first-order valence-corrected chi connectivity index (χ1v) is 2.90. The van der Waals surface area contributed by atoms with Gasteiger partial charge in [0.25, 0.3) is 0 Å². The van der Waals surface area contributed by atoms with E-state index in [0.717, 1.165) is 5.69 Å². The molecule has 3 heteroatoms. The van der Waals surface area contributed by atoms with Gasteiger partial charge in [-0.25, -0.2) is 4.98 Å². The highest BCUT2D eigenvalue weighted by atomic mass is 16.3. The zero-order valence-corrected chi connectivity index (χ0v) is 5.41. The SMILES string of the molecule is Cn1cnc(CCO)c1. The Balaban J connectivity index is 2.61. The van der Waals surface area contributed by atoms with Crippen molar-refractivity contribution < 1.29 is 5.11 Å². The van der Waals surface area contributed by atoms with Crippen LogP contribution in [0.4, 0.5) is 0 Å². The number of hydrogen-bond acceptors (Lipinski definition) is 2. The zero-order valence-electron chi connectivity index (χ0n) is 5.41. The van der Waals surface area contributed by atoms with Crippen LogP contribution in [0.2, 0.25) is 0 Å². The van der Waals surface area contributed by atoms with Crippen molar-refractivity contribution in [2.75, 3.05) is 6.61 Å². The van der Waals surface area contributed by atoms with E-state index in [-0.39, 0.29) is 6.61 Å². The summed E-state index contributed by atoms with van der Waals surface area (Å²) in [5.41, 5.74) is 0.944. The highest BCUT2D eigenvalue weighted by Crippen LogP contribution is 1.92. The molecule has 0 bridgehead atoms. The molecule has 1 aromatic heterocycles. The smallest absolute Gasteiger partial charge is 0.0946 e. The van der Waals surface area contributed by atoms with E-state index in [1.807, 2.05) is 17.8 Å². The van der Waals surface area contributed by atoms with Crippen molar-refractivity contribution in [2.24, 2.45) is 7.05 Å². The third-order valence-electron chi connectivity index (χ3n) is 1.13. The van der Waals surface area contributed by atoms with Crippen molar-refractivity contribution in [1.29, 1.82) is 0 Å². The summed E-state index contributed by atoms with van der Waals surface area (Å²) in [5.74, 6) is 0. The molecule has 1 N–H and O–H groups in total. The van der Waals surface area contributed by atoms with Crippen LogP contribution in [0.3, 0.4) is 0 Å². The molecule has 0 saturated heterocycles. The van der Waals surface area contributed by atoms with Crippen molar-refractivity contribution >= 4 is 0 Å². The minimum absolute atomic E-state index is 0.178. The minimum atomic E-state index is 0.178. The van der Waals surface area contributed by atoms with E-state index in [1.54, 1.807) is 6.33 Å². The van der Waals surface area contributed by atoms with Crippen LogP contribution in [0, 0.1) is 0 Å². The van der Waals surface area contributed by atoms with Crippen molar-refractivity contribution in [3.05, 3.63) is 18.2 Å². The van der Waals surface area contributed by atoms with Gasteiger partial charge in [-0.2, -0.15) is 0 Å². The molecule has 1 rings (SSSR count). The second kappa shape index (κ2) is 2.64. The topological polar surface area (TPSA) is 38.0 Å². The van der Waals surface area contributed by atoms with Crippen molar-refractivity contribution in [3.8, 4) is 0 Å². The fourth-order valence-electron chi connectivity index (χ4n) is 0.711. The van der Waals surface area contributed by atoms with Crippen molar-refractivity contribution in [3.63, 3.8) is 0 Å². The summed E-state index contributed by atoms with van der Waals surface area (Å²) in [6.45, 7) is 0.178. The minimum Gasteiger partial charge on any atom is -0.396 e. The largest absolute Gasteiger partial charge is 0.396 e. The summed E-state index contributed by atoms with van der Waals surface area (Å²) in [6, 6.07) is 0. The Hall–Kier alpha value is -0.830. The number of aliphatic hydroxyl groups is 1. The van der Waals surface area contributed by atoms with E-state index < -0.39 is 0 Å². The molecule has 0 fully saturated rings. The van der Waals surface area contributed by atoms with E-state index in [9.17, 15) is 0 Å². The molecule has 9 heavy (non-hydrogen) atoms. The van der Waals surface area contributed by atoms with Crippen LogP contribution in [-0.4, -0.2) is 21.3 Å². The molecule has 0 aliphatic heterocycles. The lowest BCUT2D eigenvalue weighted by atomic mass is 10.4. The molecule has 0 unspecified atom stereocenters. The van der Waals surface area contributed by atoms with Gasteiger partial charge in [0.2, 0.25) is 0 Å². The molecule has 0 saturated carbocycles. The molecule has 0 aliphatic rings. The zero-order chi connectivity index (χ0) is 6.69. The van der Waals surface area contributed by atoms with Gasteiger partial charge >= 0.3 is 0 Å². The van der Waals surface area contributed by atoms with E-state index in [4.69, 9.17) is 5.11 Å². The first kappa shape index (κ1) is 6.29. The van der Waals surface area contributed by atoms with E-state index in [2.05, 4.69) is 4.98 Å². The second-order valence-corrected chi connectivity index (χ2v) is 2.00. The molecule has 3 nitrogen and oxygen atoms in total. The Bertz CT molecular complexity index is 183. The predicted molar refractivity (Wildman–Crippen MR) is 34.0 cm³/mol. The normalized spacial score (nSPS) is 10.0. The molecule has 0 atom stereocenters. The number of aromatic nitrogens is 2. The average Bonchev–Trinajstić information content (AvgIpc) is 2.17. The van der Waals surface area contributed by atoms with Crippen LogP contribution in [0.15, 0.2) is 12.5 Å². The second-order valence-electron chi connectivity index (χ2n) is 2.00. The Morgan fingerprint density at radius 3 is 3.00 bits per heavy atom. The third-order valence-corrected chi connectivity index (χ3v) is 1.13. The van der Waals surface area contributed by atoms with Gasteiger partial charge in [0, 0.05) is 26.3 Å². The fourth-order valence-corrected chi connectivity index (χ4v) is 0.711. The Morgan fingerprint density at radius 2 is 2.56 bits per heavy atom. The molecule has 0 radical (unpaired) electrons. The van der Waals surface area contributed by atoms with Gasteiger partial charge in [0.15, 0.2) is 0 Å². The van der Waals surface area contributed by atoms with E-state index in [1.165, 1.54) is 0 Å². The number of aryl methyl sites for hydroxylation is 1. The average molecular weight is 126 g/mol. The van der Waals surface area contributed by atoms with Gasteiger partial charge in [0.1, 0.15) is 0 Å². The first-order chi connectivity index (χ1) is 4.33. The molecule has 0 aromatic carbocycles. The summed E-state index contributed by atoms with van der Waals surface area (Å²) >= 11 is 0. The van der Waals surface area contributed by atoms with Crippen molar-refractivity contribution in [1.82, 2.24) is 9.55 Å². The molecular weight excluding hydrogens is 116 g/mol. The van der Waals surface area contributed by atoms with Gasteiger partial charge in [-0.1, -0.05) is 0 Å². The summed E-state index contributed by atoms with van der Waals surface area (Å²) in [5, 5.41) is 8.48. The van der Waals surface area contributed by atoms with E-state index in [0.29, 0.717) is 6.42 Å². The van der Waals surface area contributed by atoms with Gasteiger partial charge in [-0.15, -0.1) is 0 Å². The van der Waals surface area contributed by atoms with Crippen LogP contribution < -0.4 is 0 Å². The molecule has 1 aromatic rings. The highest BCUT2D eigenvalue weighted by molar-refractivity contribution is 4.95. The molecule has 0 aliphatic carbocycles. The number of aliphatic hydroxyl groups excluding tert-OH is 1. The monoisotopic (exact) mass is 126 g/mol. The number of hydrogen-bond donors (Lipinski definition) is 1. The molecule has 0 amide bonds. The molecule has 1 heterocycles. The first-order valence-electron chi connectivity index (χ1n) is 2.90. The van der Waals surface area contributed by atoms with Crippen LogP contribution in [0.25, 0.3) is 0 Å². The van der Waals surface area contributed by atoms with E-state index >= 15 is 0 Å². The fraction of sp³-hybridized carbons (Fsp3) is 0.500. The van der Waals surface area contributed by atoms with Crippen LogP contribution >= 0.6 is 0 Å². The lowest BCUT2D eigenvalue weighted by molar-refractivity contribution is 0.298. The summed E-state index contributed by atoms with van der Waals surface area (Å²) in [4.78, 5) is 4.01. The highest BCUT2D eigenvalue weighted by Gasteiger charge is 1.92. The van der Waals surface area contributed by atoms with Gasteiger partial charge in [0.05, 0.1) is 12.0 Å². The number of nitrogens with zero attached hydrogens (tertiary/aromatic N) is 2. The predicted octanol–water partition coefficient (Wildman–Crippen LogP) is -0.0451. The van der Waals surface area contributed by atoms with Crippen LogP contribution in [0.1, 0.15) is 5.69 Å². The van der Waals surface area contributed by atoms with Gasteiger partial charge in [-0.3, -0.25) is 0 Å². The summed E-state index contributed by atoms with van der Waals surface area (Å²) in [6.07, 6.45) is 4.28. The van der Waals surface area contributed by atoms with Crippen LogP contribution in [0.5, 0.6) is 0 Å². The maximum absolute atomic E-state index is 8.48. The molecular formula is C6H10N2O. The Morgan fingerprint density at radius 1 is 1.78 bits per heavy atom. The maximum Gasteiger partial charge on any atom is 0.0946 e. The molecule has 50 valence electrons. The third kappa shape index (κ3) is 1.54. The maximum atomic E-state index is 8.48. The molecule has 0 spiro atoms. The Labute approximate surface area is 54.0 Å². The summed E-state index contributed by atoms with van der Waals surface area (Å²) in [7, 11) is 1.91. The van der Waals surface area contributed by atoms with Gasteiger partial charge < -0.3 is 9.67 Å². The Kier molecular flexibility index (Phi) is 1.85. The number of rotatable bonds is 2. The lowest BCUT2D eigenvalue weighted by Crippen LogP contribution is -1.89. The van der Waals surface area contributed by atoms with Crippen molar-refractivity contribution in [2.45, 2.75) is 6.42 Å².